The first kappa shape index (κ1) is 17.3. The molecule has 8 nitrogen and oxygen atoms in total. The van der Waals surface area contributed by atoms with E-state index >= 15 is 0 Å². The van der Waals surface area contributed by atoms with E-state index in [1.54, 1.807) is 30.3 Å². The lowest BCUT2D eigenvalue weighted by Crippen LogP contribution is -2.38. The third-order valence-electron chi connectivity index (χ3n) is 3.45. The van der Waals surface area contributed by atoms with E-state index in [0.717, 1.165) is 4.47 Å². The van der Waals surface area contributed by atoms with Gasteiger partial charge in [-0.1, -0.05) is 6.07 Å². The van der Waals surface area contributed by atoms with E-state index in [4.69, 9.17) is 15.2 Å². The van der Waals surface area contributed by atoms with E-state index in [9.17, 15) is 4.79 Å². The van der Waals surface area contributed by atoms with Crippen LogP contribution in [-0.4, -0.2) is 35.1 Å². The molecule has 1 aliphatic rings. The maximum atomic E-state index is 12.0. The molecule has 1 amide bonds. The van der Waals surface area contributed by atoms with Crippen LogP contribution in [0.2, 0.25) is 0 Å². The molecule has 0 aromatic carbocycles. The molecule has 25 heavy (non-hydrogen) atoms. The van der Waals surface area contributed by atoms with Gasteiger partial charge >= 0.3 is 6.09 Å². The number of halogens is 1. The molecule has 2 aromatic heterocycles. The Balaban J connectivity index is 1.72. The summed E-state index contributed by atoms with van der Waals surface area (Å²) < 4.78 is 11.3. The molecular formula is C16H16BrN5O3. The van der Waals surface area contributed by atoms with Crippen molar-refractivity contribution >= 4 is 33.7 Å². The summed E-state index contributed by atoms with van der Waals surface area (Å²) in [6.07, 6.45) is 0.848. The van der Waals surface area contributed by atoms with Crippen LogP contribution in [0.4, 0.5) is 10.6 Å². The van der Waals surface area contributed by atoms with Gasteiger partial charge < -0.3 is 15.2 Å². The molecule has 3 rings (SSSR count). The minimum absolute atomic E-state index is 0.182. The lowest BCUT2D eigenvalue weighted by Gasteiger charge is -2.29. The summed E-state index contributed by atoms with van der Waals surface area (Å²) in [5.74, 6) is 0.927. The molecule has 0 saturated carbocycles. The number of aromatic nitrogens is 2. The van der Waals surface area contributed by atoms with Gasteiger partial charge in [0.05, 0.1) is 12.3 Å². The zero-order chi connectivity index (χ0) is 17.9. The number of pyridine rings is 2. The van der Waals surface area contributed by atoms with Gasteiger partial charge in [-0.3, -0.25) is 10.3 Å². The largest absolute Gasteiger partial charge is 0.419 e. The lowest BCUT2D eigenvalue weighted by molar-refractivity contribution is 0.104. The highest BCUT2D eigenvalue weighted by Gasteiger charge is 2.31. The normalized spacial score (nSPS) is 19.8. The third-order valence-corrected chi connectivity index (χ3v) is 3.92. The molecule has 0 radical (unpaired) electrons. The molecule has 0 saturated heterocycles. The molecule has 3 heterocycles. The standard InChI is InChI=1S/C16H16BrN5O3/c1-16(9-24-8-12(18)22-16)11-3-2-4-13(20-11)21-15(23)25-14-6-5-10(17)7-19-14/h2-7H,8-9H2,1H3,(H2,18,22)(H,20,21,23)/t16-/m0/s1. The van der Waals surface area contributed by atoms with Crippen LogP contribution in [-0.2, 0) is 10.3 Å². The predicted octanol–water partition coefficient (Wildman–Crippen LogP) is 2.45. The van der Waals surface area contributed by atoms with Crippen LogP contribution in [0.3, 0.4) is 0 Å². The Bertz CT molecular complexity index is 812. The Hall–Kier alpha value is -2.52. The number of carbonyl (C=O) groups excluding carboxylic acids is 1. The Labute approximate surface area is 152 Å². The summed E-state index contributed by atoms with van der Waals surface area (Å²) in [6, 6.07) is 8.52. The number of anilines is 1. The maximum absolute atomic E-state index is 12.0. The first-order valence-electron chi connectivity index (χ1n) is 7.44. The van der Waals surface area contributed by atoms with Gasteiger partial charge in [0, 0.05) is 16.7 Å². The summed E-state index contributed by atoms with van der Waals surface area (Å²) in [4.78, 5) is 24.8. The van der Waals surface area contributed by atoms with E-state index in [1.807, 2.05) is 6.92 Å². The van der Waals surface area contributed by atoms with Crippen molar-refractivity contribution in [1.29, 1.82) is 0 Å². The van der Waals surface area contributed by atoms with Crippen LogP contribution in [0.25, 0.3) is 0 Å². The first-order chi connectivity index (χ1) is 11.9. The number of aliphatic imine (C=N–C) groups is 1. The zero-order valence-electron chi connectivity index (χ0n) is 13.4. The average Bonchev–Trinajstić information content (AvgIpc) is 2.57. The molecule has 1 aliphatic heterocycles. The molecule has 0 unspecified atom stereocenters. The monoisotopic (exact) mass is 405 g/mol. The molecule has 0 fully saturated rings. The number of amides is 1. The number of nitrogens with zero attached hydrogens (tertiary/aromatic N) is 3. The highest BCUT2D eigenvalue weighted by atomic mass is 79.9. The topological polar surface area (TPSA) is 112 Å². The Morgan fingerprint density at radius 1 is 1.40 bits per heavy atom. The van der Waals surface area contributed by atoms with E-state index in [-0.39, 0.29) is 5.88 Å². The van der Waals surface area contributed by atoms with Crippen molar-refractivity contribution in [2.45, 2.75) is 12.5 Å². The van der Waals surface area contributed by atoms with E-state index in [1.165, 1.54) is 6.20 Å². The fraction of sp³-hybridized carbons (Fsp3) is 0.250. The van der Waals surface area contributed by atoms with Crippen LogP contribution >= 0.6 is 15.9 Å². The molecule has 0 bridgehead atoms. The zero-order valence-corrected chi connectivity index (χ0v) is 15.0. The van der Waals surface area contributed by atoms with Crippen LogP contribution in [0, 0.1) is 0 Å². The summed E-state index contributed by atoms with van der Waals surface area (Å²) in [5, 5.41) is 2.57. The molecule has 2 aromatic rings. The van der Waals surface area contributed by atoms with Gasteiger partial charge in [0.25, 0.3) is 0 Å². The van der Waals surface area contributed by atoms with E-state index < -0.39 is 11.6 Å². The summed E-state index contributed by atoms with van der Waals surface area (Å²) in [7, 11) is 0. The van der Waals surface area contributed by atoms with Crippen molar-refractivity contribution in [3.8, 4) is 5.88 Å². The lowest BCUT2D eigenvalue weighted by atomic mass is 9.98. The smallest absolute Gasteiger partial charge is 0.391 e. The van der Waals surface area contributed by atoms with Crippen LogP contribution in [0.5, 0.6) is 5.88 Å². The van der Waals surface area contributed by atoms with Gasteiger partial charge in [-0.05, 0) is 41.1 Å². The number of nitrogens with two attached hydrogens (primary N) is 1. The quantitative estimate of drug-likeness (QED) is 0.810. The second-order valence-corrected chi connectivity index (χ2v) is 6.52. The molecule has 0 aliphatic carbocycles. The number of ether oxygens (including phenoxy) is 2. The summed E-state index contributed by atoms with van der Waals surface area (Å²) >= 11 is 3.26. The number of nitrogens with one attached hydrogen (secondary N) is 1. The SMILES string of the molecule is C[C@@]1(c2cccc(NC(=O)Oc3ccc(Br)cn3)n2)COCC(N)=N1. The highest BCUT2D eigenvalue weighted by molar-refractivity contribution is 9.10. The van der Waals surface area contributed by atoms with Crippen molar-refractivity contribution < 1.29 is 14.3 Å². The molecule has 130 valence electrons. The Morgan fingerprint density at radius 2 is 2.24 bits per heavy atom. The van der Waals surface area contributed by atoms with Gasteiger partial charge in [-0.15, -0.1) is 0 Å². The van der Waals surface area contributed by atoms with Crippen LogP contribution < -0.4 is 15.8 Å². The molecule has 0 spiro atoms. The highest BCUT2D eigenvalue weighted by Crippen LogP contribution is 2.27. The number of carbonyl (C=O) groups is 1. The average molecular weight is 406 g/mol. The van der Waals surface area contributed by atoms with Crippen molar-refractivity contribution in [2.75, 3.05) is 18.5 Å². The molecule has 3 N–H and O–H groups in total. The van der Waals surface area contributed by atoms with Crippen molar-refractivity contribution in [2.24, 2.45) is 10.7 Å². The van der Waals surface area contributed by atoms with Crippen LogP contribution in [0.1, 0.15) is 12.6 Å². The fourth-order valence-corrected chi connectivity index (χ4v) is 2.55. The maximum Gasteiger partial charge on any atom is 0.419 e. The van der Waals surface area contributed by atoms with Crippen LogP contribution in [0.15, 0.2) is 46.0 Å². The van der Waals surface area contributed by atoms with E-state index in [0.29, 0.717) is 30.6 Å². The second kappa shape index (κ2) is 7.16. The molecular weight excluding hydrogens is 390 g/mol. The first-order valence-corrected chi connectivity index (χ1v) is 8.24. The summed E-state index contributed by atoms with van der Waals surface area (Å²) in [5.41, 5.74) is 5.70. The Kier molecular flexibility index (Phi) is 4.95. The van der Waals surface area contributed by atoms with E-state index in [2.05, 4.69) is 36.2 Å². The number of amidine groups is 1. The molecule has 9 heteroatoms. The minimum Gasteiger partial charge on any atom is -0.391 e. The second-order valence-electron chi connectivity index (χ2n) is 5.61. The Morgan fingerprint density at radius 3 is 2.96 bits per heavy atom. The van der Waals surface area contributed by atoms with Crippen molar-refractivity contribution in [3.63, 3.8) is 0 Å². The van der Waals surface area contributed by atoms with Crippen molar-refractivity contribution in [3.05, 3.63) is 46.7 Å². The third kappa shape index (κ3) is 4.31. The summed E-state index contributed by atoms with van der Waals surface area (Å²) in [6.45, 7) is 2.53. The van der Waals surface area contributed by atoms with Crippen molar-refractivity contribution in [1.82, 2.24) is 9.97 Å². The van der Waals surface area contributed by atoms with Gasteiger partial charge in [0.2, 0.25) is 5.88 Å². The molecule has 1 atom stereocenters. The number of hydrogen-bond acceptors (Lipinski definition) is 7. The predicted molar refractivity (Wildman–Crippen MR) is 95.6 cm³/mol. The van der Waals surface area contributed by atoms with Gasteiger partial charge in [0.1, 0.15) is 23.8 Å². The van der Waals surface area contributed by atoms with Gasteiger partial charge in [0.15, 0.2) is 0 Å². The van der Waals surface area contributed by atoms with Gasteiger partial charge in [-0.2, -0.15) is 0 Å². The number of rotatable bonds is 3. The number of hydrogen-bond donors (Lipinski definition) is 2. The fourth-order valence-electron chi connectivity index (χ4n) is 2.32. The van der Waals surface area contributed by atoms with Gasteiger partial charge in [-0.25, -0.2) is 14.8 Å². The minimum atomic E-state index is -0.697.